The third-order valence-electron chi connectivity index (χ3n) is 5.38. The van der Waals surface area contributed by atoms with Gasteiger partial charge in [-0.1, -0.05) is 78.0 Å². The largest absolute Gasteiger partial charge is 0.325 e. The number of hydrogen-bond donors (Lipinski definition) is 1. The van der Waals surface area contributed by atoms with Crippen LogP contribution in [0.1, 0.15) is 11.1 Å². The summed E-state index contributed by atoms with van der Waals surface area (Å²) in [4.78, 5) is 28.0. The average molecular weight is 515 g/mol. The fourth-order valence-corrected chi connectivity index (χ4v) is 4.60. The quantitative estimate of drug-likeness (QED) is 0.163. The molecule has 0 aliphatic rings. The minimum atomic E-state index is -0.516. The summed E-state index contributed by atoms with van der Waals surface area (Å²) >= 11 is 7.57. The summed E-state index contributed by atoms with van der Waals surface area (Å²) in [6, 6.07) is 25.1. The SMILES string of the molecule is Cc1ccc([N+](=O)[O-])cc1NC(=O)CSc1nc(-c2ccccc2)cc(-c2ccccc2Cl)c1C#N. The van der Waals surface area contributed by atoms with Gasteiger partial charge >= 0.3 is 0 Å². The molecule has 0 saturated carbocycles. The zero-order valence-corrected chi connectivity index (χ0v) is 20.6. The van der Waals surface area contributed by atoms with Gasteiger partial charge in [0.2, 0.25) is 5.91 Å². The highest BCUT2D eigenvalue weighted by Gasteiger charge is 2.19. The molecule has 178 valence electrons. The third kappa shape index (κ3) is 5.54. The first kappa shape index (κ1) is 24.9. The smallest absolute Gasteiger partial charge is 0.271 e. The van der Waals surface area contributed by atoms with Crippen molar-refractivity contribution in [2.24, 2.45) is 0 Å². The van der Waals surface area contributed by atoms with Gasteiger partial charge in [-0.05, 0) is 24.6 Å². The number of carbonyl (C=O) groups excluding carboxylic acids is 1. The van der Waals surface area contributed by atoms with E-state index in [9.17, 15) is 20.2 Å². The van der Waals surface area contributed by atoms with Gasteiger partial charge in [0, 0.05) is 33.8 Å². The van der Waals surface area contributed by atoms with Crippen LogP contribution in [0, 0.1) is 28.4 Å². The van der Waals surface area contributed by atoms with E-state index in [0.717, 1.165) is 17.3 Å². The number of nitro benzene ring substituents is 1. The predicted molar refractivity (Wildman–Crippen MR) is 142 cm³/mol. The second kappa shape index (κ2) is 11.0. The van der Waals surface area contributed by atoms with E-state index in [1.807, 2.05) is 54.6 Å². The van der Waals surface area contributed by atoms with Crippen LogP contribution in [0.15, 0.2) is 83.9 Å². The summed E-state index contributed by atoms with van der Waals surface area (Å²) in [5.41, 5.74) is 4.06. The minimum Gasteiger partial charge on any atom is -0.325 e. The lowest BCUT2D eigenvalue weighted by atomic mass is 9.99. The van der Waals surface area contributed by atoms with Gasteiger partial charge in [0.25, 0.3) is 5.69 Å². The molecule has 0 fully saturated rings. The van der Waals surface area contributed by atoms with E-state index in [1.54, 1.807) is 19.1 Å². The summed E-state index contributed by atoms with van der Waals surface area (Å²) in [5.74, 6) is -0.428. The van der Waals surface area contributed by atoms with Crippen molar-refractivity contribution in [2.45, 2.75) is 11.9 Å². The zero-order valence-electron chi connectivity index (χ0n) is 19.1. The Morgan fingerprint density at radius 3 is 2.50 bits per heavy atom. The fourth-order valence-electron chi connectivity index (χ4n) is 3.56. The Bertz CT molecular complexity index is 1500. The molecule has 0 atom stereocenters. The summed E-state index contributed by atoms with van der Waals surface area (Å²) < 4.78 is 0. The first-order chi connectivity index (χ1) is 17.4. The Hall–Kier alpha value is -4.19. The highest BCUT2D eigenvalue weighted by molar-refractivity contribution is 8.00. The standard InChI is InChI=1S/C27H19ClN4O3S/c1-17-11-12-19(32(34)35)13-24(17)30-26(33)16-36-27-22(15-29)21(20-9-5-6-10-23(20)28)14-25(31-27)18-7-3-2-4-8-18/h2-14H,16H2,1H3,(H,30,33). The number of carbonyl (C=O) groups is 1. The molecule has 7 nitrogen and oxygen atoms in total. The van der Waals surface area contributed by atoms with E-state index in [4.69, 9.17) is 16.6 Å². The molecule has 1 aromatic heterocycles. The molecule has 1 amide bonds. The maximum absolute atomic E-state index is 12.7. The molecule has 3 aromatic carbocycles. The van der Waals surface area contributed by atoms with E-state index < -0.39 is 4.92 Å². The second-order valence-electron chi connectivity index (χ2n) is 7.79. The van der Waals surface area contributed by atoms with Crippen LogP contribution in [0.5, 0.6) is 0 Å². The van der Waals surface area contributed by atoms with Crippen molar-refractivity contribution < 1.29 is 9.72 Å². The molecule has 0 radical (unpaired) electrons. The number of nitriles is 1. The number of thioether (sulfide) groups is 1. The molecule has 0 aliphatic heterocycles. The normalized spacial score (nSPS) is 10.5. The molecular formula is C27H19ClN4O3S. The molecule has 4 rings (SSSR count). The molecule has 36 heavy (non-hydrogen) atoms. The topological polar surface area (TPSA) is 109 Å². The van der Waals surface area contributed by atoms with Crippen LogP contribution in [-0.2, 0) is 4.79 Å². The number of benzene rings is 3. The summed E-state index contributed by atoms with van der Waals surface area (Å²) in [6.07, 6.45) is 0. The van der Waals surface area contributed by atoms with Crippen LogP contribution in [0.4, 0.5) is 11.4 Å². The van der Waals surface area contributed by atoms with Crippen LogP contribution >= 0.6 is 23.4 Å². The van der Waals surface area contributed by atoms with Gasteiger partial charge in [-0.15, -0.1) is 0 Å². The molecule has 0 bridgehead atoms. The number of hydrogen-bond acceptors (Lipinski definition) is 6. The van der Waals surface area contributed by atoms with Crippen molar-refractivity contribution in [3.63, 3.8) is 0 Å². The maximum atomic E-state index is 12.7. The van der Waals surface area contributed by atoms with Gasteiger partial charge in [-0.3, -0.25) is 14.9 Å². The highest BCUT2D eigenvalue weighted by Crippen LogP contribution is 2.37. The lowest BCUT2D eigenvalue weighted by Crippen LogP contribution is -2.15. The van der Waals surface area contributed by atoms with E-state index in [0.29, 0.717) is 43.7 Å². The van der Waals surface area contributed by atoms with Crippen molar-refractivity contribution in [1.29, 1.82) is 5.26 Å². The maximum Gasteiger partial charge on any atom is 0.271 e. The number of amides is 1. The fraction of sp³-hybridized carbons (Fsp3) is 0.0741. The number of anilines is 1. The summed E-state index contributed by atoms with van der Waals surface area (Å²) in [6.45, 7) is 1.75. The molecule has 1 heterocycles. The third-order valence-corrected chi connectivity index (χ3v) is 6.68. The molecular weight excluding hydrogens is 496 g/mol. The Labute approximate surface area is 216 Å². The van der Waals surface area contributed by atoms with Gasteiger partial charge in [-0.25, -0.2) is 4.98 Å². The van der Waals surface area contributed by atoms with E-state index >= 15 is 0 Å². The molecule has 0 saturated heterocycles. The molecule has 1 N–H and O–H groups in total. The number of pyridine rings is 1. The minimum absolute atomic E-state index is 0.0516. The predicted octanol–water partition coefficient (Wildman–Crippen LogP) is 6.89. The van der Waals surface area contributed by atoms with Crippen LogP contribution in [0.25, 0.3) is 22.4 Å². The van der Waals surface area contributed by atoms with Crippen molar-refractivity contribution in [2.75, 3.05) is 11.1 Å². The van der Waals surface area contributed by atoms with Gasteiger partial charge in [0.1, 0.15) is 11.1 Å². The first-order valence-corrected chi connectivity index (χ1v) is 12.2. The first-order valence-electron chi connectivity index (χ1n) is 10.8. The zero-order chi connectivity index (χ0) is 25.7. The van der Waals surface area contributed by atoms with Crippen molar-refractivity contribution in [3.8, 4) is 28.5 Å². The van der Waals surface area contributed by atoms with Crippen molar-refractivity contribution in [3.05, 3.63) is 105 Å². The number of nitrogens with one attached hydrogen (secondary N) is 1. The monoisotopic (exact) mass is 514 g/mol. The molecule has 0 spiro atoms. The Morgan fingerprint density at radius 2 is 1.81 bits per heavy atom. The molecule has 9 heteroatoms. The van der Waals surface area contributed by atoms with Gasteiger partial charge in [-0.2, -0.15) is 5.26 Å². The molecule has 4 aromatic rings. The van der Waals surface area contributed by atoms with E-state index in [1.165, 1.54) is 12.1 Å². The Balaban J connectivity index is 1.68. The van der Waals surface area contributed by atoms with Crippen LogP contribution < -0.4 is 5.32 Å². The van der Waals surface area contributed by atoms with Crippen molar-refractivity contribution >= 4 is 40.6 Å². The number of aryl methyl sites for hydroxylation is 1. The molecule has 0 aliphatic carbocycles. The average Bonchev–Trinajstić information content (AvgIpc) is 2.89. The molecule has 0 unspecified atom stereocenters. The van der Waals surface area contributed by atoms with E-state index in [2.05, 4.69) is 11.4 Å². The Morgan fingerprint density at radius 1 is 1.08 bits per heavy atom. The van der Waals surface area contributed by atoms with Crippen LogP contribution in [-0.4, -0.2) is 21.6 Å². The Kier molecular flexibility index (Phi) is 7.64. The number of rotatable bonds is 7. The summed E-state index contributed by atoms with van der Waals surface area (Å²) in [7, 11) is 0. The second-order valence-corrected chi connectivity index (χ2v) is 9.16. The highest BCUT2D eigenvalue weighted by atomic mass is 35.5. The van der Waals surface area contributed by atoms with E-state index in [-0.39, 0.29) is 17.3 Å². The summed E-state index contributed by atoms with van der Waals surface area (Å²) in [5, 5.41) is 24.7. The van der Waals surface area contributed by atoms with Gasteiger partial charge in [0.05, 0.1) is 27.6 Å². The van der Waals surface area contributed by atoms with Crippen LogP contribution in [0.3, 0.4) is 0 Å². The van der Waals surface area contributed by atoms with Gasteiger partial charge < -0.3 is 5.32 Å². The van der Waals surface area contributed by atoms with Crippen molar-refractivity contribution in [1.82, 2.24) is 4.98 Å². The van der Waals surface area contributed by atoms with Gasteiger partial charge in [0.15, 0.2) is 0 Å². The number of halogens is 1. The van der Waals surface area contributed by atoms with Crippen LogP contribution in [0.2, 0.25) is 5.02 Å². The number of nitrogens with zero attached hydrogens (tertiary/aromatic N) is 3. The lowest BCUT2D eigenvalue weighted by Gasteiger charge is -2.14. The number of non-ortho nitro benzene ring substituents is 1. The lowest BCUT2D eigenvalue weighted by molar-refractivity contribution is -0.384. The number of aromatic nitrogens is 1. The number of nitro groups is 1.